The van der Waals surface area contributed by atoms with E-state index in [2.05, 4.69) is 20.8 Å². The van der Waals surface area contributed by atoms with Crippen LogP contribution in [-0.4, -0.2) is 11.9 Å². The summed E-state index contributed by atoms with van der Waals surface area (Å²) in [6, 6.07) is 0. The molecule has 4 nitrogen and oxygen atoms in total. The van der Waals surface area contributed by atoms with Crippen LogP contribution >= 0.6 is 0 Å². The van der Waals surface area contributed by atoms with Crippen LogP contribution < -0.4 is 0 Å². The van der Waals surface area contributed by atoms with Gasteiger partial charge in [0.1, 0.15) is 0 Å². The van der Waals surface area contributed by atoms with Gasteiger partial charge in [-0.05, 0) is 19.3 Å². The average Bonchev–Trinajstić information content (AvgIpc) is 2.77. The number of carbonyl (C=O) groups excluding carboxylic acids is 2. The molecule has 0 aromatic heterocycles. The predicted octanol–water partition coefficient (Wildman–Crippen LogP) is 8.86. The highest BCUT2D eigenvalue weighted by Gasteiger charge is 2.22. The van der Waals surface area contributed by atoms with E-state index in [1.807, 2.05) is 0 Å². The van der Waals surface area contributed by atoms with Crippen LogP contribution in [-0.2, 0) is 19.4 Å². The standard InChI is InChI=1S/C27H52O4/c1-4-7-10-13-15-16-18-20-23-25(22-19-17-14-11-8-5-2)27(29)31-30-26(28)24-21-12-9-6-3/h25H,4-24H2,1-3H3. The number of carbonyl (C=O) groups is 2. The average molecular weight is 441 g/mol. The summed E-state index contributed by atoms with van der Waals surface area (Å²) in [7, 11) is 0. The van der Waals surface area contributed by atoms with E-state index >= 15 is 0 Å². The van der Waals surface area contributed by atoms with Crippen molar-refractivity contribution >= 4 is 11.9 Å². The topological polar surface area (TPSA) is 52.6 Å². The highest BCUT2D eigenvalue weighted by atomic mass is 17.2. The molecule has 0 aliphatic rings. The molecule has 0 bridgehead atoms. The molecule has 0 rings (SSSR count). The molecule has 0 fully saturated rings. The summed E-state index contributed by atoms with van der Waals surface area (Å²) in [6.45, 7) is 6.60. The van der Waals surface area contributed by atoms with Crippen LogP contribution in [0.2, 0.25) is 0 Å². The van der Waals surface area contributed by atoms with Crippen LogP contribution in [0.4, 0.5) is 0 Å². The van der Waals surface area contributed by atoms with E-state index in [0.717, 1.165) is 51.4 Å². The van der Waals surface area contributed by atoms with Crippen molar-refractivity contribution in [3.8, 4) is 0 Å². The van der Waals surface area contributed by atoms with Crippen molar-refractivity contribution in [3.63, 3.8) is 0 Å². The van der Waals surface area contributed by atoms with Gasteiger partial charge in [0.25, 0.3) is 0 Å². The Kier molecular flexibility index (Phi) is 22.8. The molecule has 31 heavy (non-hydrogen) atoms. The van der Waals surface area contributed by atoms with Gasteiger partial charge in [0, 0.05) is 0 Å². The molecule has 0 amide bonds. The molecule has 0 aliphatic carbocycles. The highest BCUT2D eigenvalue weighted by Crippen LogP contribution is 2.21. The molecule has 184 valence electrons. The van der Waals surface area contributed by atoms with E-state index in [0.29, 0.717) is 6.42 Å². The van der Waals surface area contributed by atoms with E-state index < -0.39 is 5.97 Å². The van der Waals surface area contributed by atoms with Crippen molar-refractivity contribution in [2.75, 3.05) is 0 Å². The van der Waals surface area contributed by atoms with E-state index in [4.69, 9.17) is 9.78 Å². The molecule has 0 aromatic rings. The third-order valence-electron chi connectivity index (χ3n) is 6.10. The molecule has 4 heteroatoms. The van der Waals surface area contributed by atoms with Gasteiger partial charge < -0.3 is 0 Å². The highest BCUT2D eigenvalue weighted by molar-refractivity contribution is 5.74. The minimum atomic E-state index is -0.421. The van der Waals surface area contributed by atoms with Crippen molar-refractivity contribution in [1.29, 1.82) is 0 Å². The largest absolute Gasteiger partial charge is 0.358 e. The second-order valence-electron chi connectivity index (χ2n) is 9.19. The first-order valence-electron chi connectivity index (χ1n) is 13.6. The Morgan fingerprint density at radius 2 is 0.903 bits per heavy atom. The first kappa shape index (κ1) is 29.9. The number of rotatable bonds is 22. The Labute approximate surface area is 193 Å². The number of unbranched alkanes of at least 4 members (excludes halogenated alkanes) is 15. The minimum Gasteiger partial charge on any atom is -0.247 e. The molecule has 0 aromatic carbocycles. The fraction of sp³-hybridized carbons (Fsp3) is 0.926. The second kappa shape index (κ2) is 23.6. The zero-order valence-corrected chi connectivity index (χ0v) is 21.1. The molecule has 0 spiro atoms. The molecule has 0 saturated heterocycles. The lowest BCUT2D eigenvalue weighted by atomic mass is 9.94. The lowest BCUT2D eigenvalue weighted by molar-refractivity contribution is -0.262. The lowest BCUT2D eigenvalue weighted by Gasteiger charge is -2.14. The summed E-state index contributed by atoms with van der Waals surface area (Å²) in [5.41, 5.74) is 0. The first-order chi connectivity index (χ1) is 15.2. The molecule has 1 unspecified atom stereocenters. The molecule has 0 saturated carbocycles. The summed E-state index contributed by atoms with van der Waals surface area (Å²) >= 11 is 0. The van der Waals surface area contributed by atoms with Gasteiger partial charge in [0.15, 0.2) is 0 Å². The van der Waals surface area contributed by atoms with Crippen LogP contribution in [0.5, 0.6) is 0 Å². The van der Waals surface area contributed by atoms with Gasteiger partial charge in [0.2, 0.25) is 0 Å². The Bertz CT molecular complexity index is 408. The van der Waals surface area contributed by atoms with Crippen molar-refractivity contribution in [2.24, 2.45) is 5.92 Å². The molecular formula is C27H52O4. The third-order valence-corrected chi connectivity index (χ3v) is 6.10. The van der Waals surface area contributed by atoms with Crippen LogP contribution in [0, 0.1) is 5.92 Å². The zero-order valence-electron chi connectivity index (χ0n) is 21.1. The van der Waals surface area contributed by atoms with Crippen molar-refractivity contribution in [1.82, 2.24) is 0 Å². The second-order valence-corrected chi connectivity index (χ2v) is 9.19. The van der Waals surface area contributed by atoms with Crippen molar-refractivity contribution in [2.45, 2.75) is 156 Å². The van der Waals surface area contributed by atoms with Gasteiger partial charge in [-0.25, -0.2) is 19.4 Å². The molecular weight excluding hydrogens is 388 g/mol. The van der Waals surface area contributed by atoms with Crippen LogP contribution in [0.15, 0.2) is 0 Å². The van der Waals surface area contributed by atoms with Crippen molar-refractivity contribution in [3.05, 3.63) is 0 Å². The van der Waals surface area contributed by atoms with Gasteiger partial charge in [-0.2, -0.15) is 0 Å². The Hall–Kier alpha value is -1.06. The van der Waals surface area contributed by atoms with E-state index in [-0.39, 0.29) is 11.9 Å². The summed E-state index contributed by atoms with van der Waals surface area (Å²) in [5.74, 6) is -0.910. The minimum absolute atomic E-state index is 0.140. The SMILES string of the molecule is CCCCCCCCCCC(CCCCCCCC)C(=O)OOC(=O)CCCCCC. The molecule has 1 atom stereocenters. The van der Waals surface area contributed by atoms with Crippen molar-refractivity contribution < 1.29 is 19.4 Å². The summed E-state index contributed by atoms with van der Waals surface area (Å²) in [5, 5.41) is 0. The smallest absolute Gasteiger partial charge is 0.247 e. The predicted molar refractivity (Wildman–Crippen MR) is 130 cm³/mol. The van der Waals surface area contributed by atoms with Gasteiger partial charge in [-0.1, -0.05) is 130 Å². The first-order valence-corrected chi connectivity index (χ1v) is 13.6. The van der Waals surface area contributed by atoms with Gasteiger partial charge >= 0.3 is 11.9 Å². The summed E-state index contributed by atoms with van der Waals surface area (Å²) < 4.78 is 0. The van der Waals surface area contributed by atoms with Gasteiger partial charge in [-0.15, -0.1) is 0 Å². The number of hydrogen-bond acceptors (Lipinski definition) is 4. The summed E-state index contributed by atoms with van der Waals surface area (Å²) in [6.07, 6.45) is 23.4. The molecule has 0 heterocycles. The maximum atomic E-state index is 12.5. The lowest BCUT2D eigenvalue weighted by Crippen LogP contribution is -2.20. The molecule has 0 radical (unpaired) electrons. The molecule has 0 N–H and O–H groups in total. The van der Waals surface area contributed by atoms with Crippen LogP contribution in [0.3, 0.4) is 0 Å². The normalized spacial score (nSPS) is 12.0. The van der Waals surface area contributed by atoms with Gasteiger partial charge in [-0.3, -0.25) is 0 Å². The van der Waals surface area contributed by atoms with Gasteiger partial charge in [0.05, 0.1) is 12.3 Å². The van der Waals surface area contributed by atoms with E-state index in [1.165, 1.54) is 77.0 Å². The number of hydrogen-bond donors (Lipinski definition) is 0. The van der Waals surface area contributed by atoms with Crippen LogP contribution in [0.25, 0.3) is 0 Å². The fourth-order valence-electron chi connectivity index (χ4n) is 3.97. The summed E-state index contributed by atoms with van der Waals surface area (Å²) in [4.78, 5) is 34.1. The monoisotopic (exact) mass is 440 g/mol. The maximum Gasteiger partial charge on any atom is 0.358 e. The quantitative estimate of drug-likeness (QED) is 0.0958. The fourth-order valence-corrected chi connectivity index (χ4v) is 3.97. The Balaban J connectivity index is 4.18. The Morgan fingerprint density at radius 1 is 0.516 bits per heavy atom. The zero-order chi connectivity index (χ0) is 23.0. The van der Waals surface area contributed by atoms with E-state index in [9.17, 15) is 9.59 Å². The maximum absolute atomic E-state index is 12.5. The molecule has 0 aliphatic heterocycles. The third kappa shape index (κ3) is 20.6. The Morgan fingerprint density at radius 3 is 1.35 bits per heavy atom. The van der Waals surface area contributed by atoms with Crippen LogP contribution in [0.1, 0.15) is 156 Å². The van der Waals surface area contributed by atoms with E-state index in [1.54, 1.807) is 0 Å².